The Morgan fingerprint density at radius 1 is 1.18 bits per heavy atom. The number of nitrogens with zero attached hydrogens (tertiary/aromatic N) is 2. The van der Waals surface area contributed by atoms with Gasteiger partial charge >= 0.3 is 6.18 Å². The molecule has 0 saturated heterocycles. The van der Waals surface area contributed by atoms with Gasteiger partial charge in [0.1, 0.15) is 6.54 Å². The summed E-state index contributed by atoms with van der Waals surface area (Å²) in [6.07, 6.45) is -1.07. The van der Waals surface area contributed by atoms with E-state index in [4.69, 9.17) is 0 Å². The fraction of sp³-hybridized carbons (Fsp3) is 0.583. The van der Waals surface area contributed by atoms with Crippen LogP contribution in [0.3, 0.4) is 0 Å². The van der Waals surface area contributed by atoms with Gasteiger partial charge < -0.3 is 4.90 Å². The molecule has 17 heavy (non-hydrogen) atoms. The summed E-state index contributed by atoms with van der Waals surface area (Å²) in [5.74, 6) is 0. The van der Waals surface area contributed by atoms with E-state index in [0.29, 0.717) is 5.69 Å². The number of alkyl halides is 3. The number of halogens is 3. The molecule has 0 aromatic carbocycles. The molecule has 0 fully saturated rings. The van der Waals surface area contributed by atoms with Crippen molar-refractivity contribution in [3.8, 4) is 0 Å². The summed E-state index contributed by atoms with van der Waals surface area (Å²) in [5, 5.41) is 0. The zero-order valence-corrected chi connectivity index (χ0v) is 10.5. The summed E-state index contributed by atoms with van der Waals surface area (Å²) in [7, 11) is 1.41. The van der Waals surface area contributed by atoms with Crippen LogP contribution in [0.15, 0.2) is 18.5 Å². The maximum atomic E-state index is 12.3. The molecule has 96 valence electrons. The lowest BCUT2D eigenvalue weighted by Crippen LogP contribution is -2.31. The Labute approximate surface area is 99.5 Å². The number of anilines is 1. The fourth-order valence-electron chi connectivity index (χ4n) is 1.41. The lowest BCUT2D eigenvalue weighted by atomic mass is 9.88. The minimum atomic E-state index is -4.20. The first-order valence-electron chi connectivity index (χ1n) is 5.33. The predicted molar refractivity (Wildman–Crippen MR) is 62.3 cm³/mol. The first kappa shape index (κ1) is 13.8. The van der Waals surface area contributed by atoms with Gasteiger partial charge in [-0.3, -0.25) is 4.98 Å². The minimum absolute atomic E-state index is 0.123. The highest BCUT2D eigenvalue weighted by molar-refractivity contribution is 5.46. The predicted octanol–water partition coefficient (Wildman–Crippen LogP) is 3.38. The van der Waals surface area contributed by atoms with E-state index >= 15 is 0 Å². The Morgan fingerprint density at radius 2 is 1.76 bits per heavy atom. The molecule has 0 amide bonds. The molecule has 0 aliphatic rings. The lowest BCUT2D eigenvalue weighted by molar-refractivity contribution is -0.119. The van der Waals surface area contributed by atoms with Crippen LogP contribution in [0.25, 0.3) is 0 Å². The van der Waals surface area contributed by atoms with E-state index in [1.165, 1.54) is 13.2 Å². The van der Waals surface area contributed by atoms with Crippen LogP contribution in [0.1, 0.15) is 26.3 Å². The Hall–Kier alpha value is -1.26. The second-order valence-electron chi connectivity index (χ2n) is 5.15. The van der Waals surface area contributed by atoms with Crippen LogP contribution >= 0.6 is 0 Å². The standard InChI is InChI=1S/C12H17F3N2/c1-11(2,3)9-5-10(7-16-6-9)17(4)8-12(13,14)15/h5-7H,8H2,1-4H3. The van der Waals surface area contributed by atoms with E-state index in [0.717, 1.165) is 10.5 Å². The van der Waals surface area contributed by atoms with Crippen LogP contribution in [0.5, 0.6) is 0 Å². The average Bonchev–Trinajstić information content (AvgIpc) is 2.14. The largest absolute Gasteiger partial charge is 0.405 e. The van der Waals surface area contributed by atoms with Gasteiger partial charge in [-0.1, -0.05) is 20.8 Å². The lowest BCUT2D eigenvalue weighted by Gasteiger charge is -2.24. The van der Waals surface area contributed by atoms with E-state index in [-0.39, 0.29) is 5.41 Å². The van der Waals surface area contributed by atoms with Gasteiger partial charge in [-0.15, -0.1) is 0 Å². The van der Waals surface area contributed by atoms with Gasteiger partial charge in [0.2, 0.25) is 0 Å². The molecule has 5 heteroatoms. The molecular weight excluding hydrogens is 229 g/mol. The van der Waals surface area contributed by atoms with Crippen LogP contribution in [-0.4, -0.2) is 24.8 Å². The molecule has 0 radical (unpaired) electrons. The van der Waals surface area contributed by atoms with Crippen LogP contribution < -0.4 is 4.90 Å². The summed E-state index contributed by atoms with van der Waals surface area (Å²) in [6, 6.07) is 1.75. The van der Waals surface area contributed by atoms with Crippen LogP contribution in [-0.2, 0) is 5.41 Å². The molecule has 1 rings (SSSR count). The third kappa shape index (κ3) is 4.24. The van der Waals surface area contributed by atoms with Gasteiger partial charge in [-0.25, -0.2) is 0 Å². The van der Waals surface area contributed by atoms with Crippen LogP contribution in [0, 0.1) is 0 Å². The Morgan fingerprint density at radius 3 is 2.24 bits per heavy atom. The van der Waals surface area contributed by atoms with E-state index in [2.05, 4.69) is 4.98 Å². The van der Waals surface area contributed by atoms with E-state index in [1.54, 1.807) is 12.3 Å². The number of aromatic nitrogens is 1. The number of pyridine rings is 1. The first-order valence-corrected chi connectivity index (χ1v) is 5.33. The highest BCUT2D eigenvalue weighted by Gasteiger charge is 2.29. The molecular formula is C12H17F3N2. The van der Waals surface area contributed by atoms with Crippen molar-refractivity contribution in [2.75, 3.05) is 18.5 Å². The number of hydrogen-bond acceptors (Lipinski definition) is 2. The van der Waals surface area contributed by atoms with E-state index < -0.39 is 12.7 Å². The van der Waals surface area contributed by atoms with Gasteiger partial charge in [0.05, 0.1) is 11.9 Å². The quantitative estimate of drug-likeness (QED) is 0.795. The van der Waals surface area contributed by atoms with Crippen molar-refractivity contribution < 1.29 is 13.2 Å². The van der Waals surface area contributed by atoms with Crippen molar-refractivity contribution in [3.05, 3.63) is 24.0 Å². The molecule has 0 unspecified atom stereocenters. The topological polar surface area (TPSA) is 16.1 Å². The van der Waals surface area contributed by atoms with E-state index in [1.807, 2.05) is 20.8 Å². The van der Waals surface area contributed by atoms with Gasteiger partial charge in [-0.2, -0.15) is 13.2 Å². The first-order chi connectivity index (χ1) is 7.59. The highest BCUT2D eigenvalue weighted by Crippen LogP contribution is 2.26. The molecule has 1 aromatic heterocycles. The average molecular weight is 246 g/mol. The highest BCUT2D eigenvalue weighted by atomic mass is 19.4. The maximum absolute atomic E-state index is 12.3. The molecule has 2 nitrogen and oxygen atoms in total. The zero-order valence-electron chi connectivity index (χ0n) is 10.5. The SMILES string of the molecule is CN(CC(F)(F)F)c1cncc(C(C)(C)C)c1. The second-order valence-corrected chi connectivity index (χ2v) is 5.15. The molecule has 0 aliphatic heterocycles. The Bertz CT molecular complexity index is 380. The van der Waals surface area contributed by atoms with Gasteiger partial charge in [0, 0.05) is 13.2 Å². The third-order valence-electron chi connectivity index (χ3n) is 2.45. The monoisotopic (exact) mass is 246 g/mol. The number of hydrogen-bond donors (Lipinski definition) is 0. The Kier molecular flexibility index (Phi) is 3.69. The van der Waals surface area contributed by atoms with Crippen molar-refractivity contribution in [3.63, 3.8) is 0 Å². The van der Waals surface area contributed by atoms with Gasteiger partial charge in [0.15, 0.2) is 0 Å². The Balaban J connectivity index is 2.92. The molecule has 1 aromatic rings. The summed E-state index contributed by atoms with van der Waals surface area (Å²) < 4.78 is 36.8. The van der Waals surface area contributed by atoms with Crippen molar-refractivity contribution in [2.24, 2.45) is 0 Å². The minimum Gasteiger partial charge on any atom is -0.364 e. The molecule has 0 saturated carbocycles. The van der Waals surface area contributed by atoms with Crippen molar-refractivity contribution in [1.29, 1.82) is 0 Å². The molecule has 0 bridgehead atoms. The second kappa shape index (κ2) is 4.55. The summed E-state index contributed by atoms with van der Waals surface area (Å²) in [6.45, 7) is 5.02. The van der Waals surface area contributed by atoms with Gasteiger partial charge in [-0.05, 0) is 17.0 Å². The summed E-state index contributed by atoms with van der Waals surface area (Å²) in [5.41, 5.74) is 1.28. The normalized spacial score (nSPS) is 12.6. The van der Waals surface area contributed by atoms with Crippen molar-refractivity contribution in [2.45, 2.75) is 32.4 Å². The summed E-state index contributed by atoms with van der Waals surface area (Å²) in [4.78, 5) is 5.15. The fourth-order valence-corrected chi connectivity index (χ4v) is 1.41. The zero-order chi connectivity index (χ0) is 13.3. The van der Waals surface area contributed by atoms with Crippen molar-refractivity contribution in [1.82, 2.24) is 4.98 Å². The molecule has 0 N–H and O–H groups in total. The number of rotatable bonds is 2. The summed E-state index contributed by atoms with van der Waals surface area (Å²) >= 11 is 0. The van der Waals surface area contributed by atoms with Crippen LogP contribution in [0.4, 0.5) is 18.9 Å². The molecule has 1 heterocycles. The van der Waals surface area contributed by atoms with Crippen LogP contribution in [0.2, 0.25) is 0 Å². The smallest absolute Gasteiger partial charge is 0.364 e. The molecule has 0 spiro atoms. The van der Waals surface area contributed by atoms with E-state index in [9.17, 15) is 13.2 Å². The van der Waals surface area contributed by atoms with Gasteiger partial charge in [0.25, 0.3) is 0 Å². The van der Waals surface area contributed by atoms with Crippen molar-refractivity contribution >= 4 is 5.69 Å². The molecule has 0 atom stereocenters. The molecule has 0 aliphatic carbocycles. The maximum Gasteiger partial charge on any atom is 0.405 e. The third-order valence-corrected chi connectivity index (χ3v) is 2.45.